The van der Waals surface area contributed by atoms with E-state index < -0.39 is 0 Å². The van der Waals surface area contributed by atoms with Crippen LogP contribution in [0.25, 0.3) is 0 Å². The van der Waals surface area contributed by atoms with Gasteiger partial charge in [0.05, 0.1) is 0 Å². The van der Waals surface area contributed by atoms with Crippen LogP contribution in [-0.2, 0) is 19.3 Å². The van der Waals surface area contributed by atoms with Crippen LogP contribution in [0.4, 0.5) is 0 Å². The van der Waals surface area contributed by atoms with Crippen LogP contribution in [0.3, 0.4) is 0 Å². The molecule has 0 aromatic heterocycles. The fraction of sp³-hybridized carbons (Fsp3) is 0.333. The first-order chi connectivity index (χ1) is 9.76. The summed E-state index contributed by atoms with van der Waals surface area (Å²) < 4.78 is 0. The number of benzene rings is 2. The molecule has 3 rings (SSSR count). The van der Waals surface area contributed by atoms with Gasteiger partial charge in [-0.15, -0.1) is 0 Å². The predicted molar refractivity (Wildman–Crippen MR) is 86.5 cm³/mol. The Hall–Kier alpha value is -1.25. The normalized spacial score (nSPS) is 13.5. The summed E-state index contributed by atoms with van der Waals surface area (Å²) in [6, 6.07) is 13.7. The maximum Gasteiger partial charge on any atom is 0.0151 e. The van der Waals surface area contributed by atoms with E-state index in [1.165, 1.54) is 40.2 Å². The van der Waals surface area contributed by atoms with Gasteiger partial charge in [-0.1, -0.05) is 30.0 Å². The van der Waals surface area contributed by atoms with E-state index in [2.05, 4.69) is 43.3 Å². The molecular weight excluding hydrogens is 262 g/mol. The highest BCUT2D eigenvalue weighted by Gasteiger charge is 2.11. The minimum absolute atomic E-state index is 0.719. The van der Waals surface area contributed by atoms with Gasteiger partial charge in [-0.05, 0) is 79.6 Å². The Bertz CT molecular complexity index is 619. The third-order valence-electron chi connectivity index (χ3n) is 3.97. The van der Waals surface area contributed by atoms with Gasteiger partial charge in [0.25, 0.3) is 0 Å². The first-order valence-electron chi connectivity index (χ1n) is 7.35. The highest BCUT2D eigenvalue weighted by Crippen LogP contribution is 2.33. The Morgan fingerprint density at radius 1 is 1.05 bits per heavy atom. The molecule has 20 heavy (non-hydrogen) atoms. The standard InChI is InChI=1S/C18H21NS/c1-13-11-14(9-10-19)5-8-18(13)20-17-7-6-15-3-2-4-16(15)12-17/h5-8,11-12H,2-4,9-10,19H2,1H3. The highest BCUT2D eigenvalue weighted by atomic mass is 32.2. The second-order valence-electron chi connectivity index (χ2n) is 5.52. The first-order valence-corrected chi connectivity index (χ1v) is 8.17. The molecule has 0 saturated carbocycles. The first kappa shape index (κ1) is 13.7. The van der Waals surface area contributed by atoms with E-state index in [0.29, 0.717) is 0 Å². The smallest absolute Gasteiger partial charge is 0.0151 e. The van der Waals surface area contributed by atoms with Crippen molar-refractivity contribution in [3.63, 3.8) is 0 Å². The molecule has 0 heterocycles. The van der Waals surface area contributed by atoms with Crippen LogP contribution in [0.5, 0.6) is 0 Å². The van der Waals surface area contributed by atoms with E-state index in [0.717, 1.165) is 13.0 Å². The van der Waals surface area contributed by atoms with Crippen molar-refractivity contribution in [3.8, 4) is 0 Å². The fourth-order valence-corrected chi connectivity index (χ4v) is 3.83. The van der Waals surface area contributed by atoms with E-state index in [-0.39, 0.29) is 0 Å². The van der Waals surface area contributed by atoms with E-state index in [1.54, 1.807) is 11.1 Å². The van der Waals surface area contributed by atoms with Crippen LogP contribution in [-0.4, -0.2) is 6.54 Å². The van der Waals surface area contributed by atoms with Gasteiger partial charge in [-0.2, -0.15) is 0 Å². The summed E-state index contributed by atoms with van der Waals surface area (Å²) in [5.74, 6) is 0. The molecule has 0 fully saturated rings. The summed E-state index contributed by atoms with van der Waals surface area (Å²) in [7, 11) is 0. The van der Waals surface area contributed by atoms with Gasteiger partial charge in [0.2, 0.25) is 0 Å². The van der Waals surface area contributed by atoms with Crippen LogP contribution in [0.2, 0.25) is 0 Å². The molecule has 2 heteroatoms. The van der Waals surface area contributed by atoms with Crippen LogP contribution in [0, 0.1) is 6.92 Å². The number of fused-ring (bicyclic) bond motifs is 1. The van der Waals surface area contributed by atoms with Gasteiger partial charge in [0.1, 0.15) is 0 Å². The second-order valence-corrected chi connectivity index (χ2v) is 6.64. The number of hydrogen-bond acceptors (Lipinski definition) is 2. The Morgan fingerprint density at radius 3 is 2.70 bits per heavy atom. The van der Waals surface area contributed by atoms with Crippen molar-refractivity contribution in [2.75, 3.05) is 6.54 Å². The lowest BCUT2D eigenvalue weighted by Gasteiger charge is -2.09. The minimum Gasteiger partial charge on any atom is -0.330 e. The van der Waals surface area contributed by atoms with Gasteiger partial charge in [0.15, 0.2) is 0 Å². The SMILES string of the molecule is Cc1cc(CCN)ccc1Sc1ccc2c(c1)CCC2. The molecule has 2 aromatic rings. The zero-order valence-electron chi connectivity index (χ0n) is 12.0. The molecule has 1 aliphatic carbocycles. The molecule has 0 atom stereocenters. The quantitative estimate of drug-likeness (QED) is 0.912. The zero-order chi connectivity index (χ0) is 13.9. The Morgan fingerprint density at radius 2 is 1.90 bits per heavy atom. The Balaban J connectivity index is 1.80. The van der Waals surface area contributed by atoms with Crippen LogP contribution < -0.4 is 5.73 Å². The monoisotopic (exact) mass is 283 g/mol. The van der Waals surface area contributed by atoms with E-state index in [1.807, 2.05) is 11.8 Å². The molecular formula is C18H21NS. The van der Waals surface area contributed by atoms with Gasteiger partial charge in [0, 0.05) is 9.79 Å². The molecule has 2 N–H and O–H groups in total. The van der Waals surface area contributed by atoms with Gasteiger partial charge in [-0.25, -0.2) is 0 Å². The molecule has 0 unspecified atom stereocenters. The maximum atomic E-state index is 5.62. The third-order valence-corrected chi connectivity index (χ3v) is 5.14. The van der Waals surface area contributed by atoms with Crippen molar-refractivity contribution < 1.29 is 0 Å². The average molecular weight is 283 g/mol. The second kappa shape index (κ2) is 6.02. The lowest BCUT2D eigenvalue weighted by molar-refractivity contribution is 0.911. The summed E-state index contributed by atoms with van der Waals surface area (Å²) in [5, 5.41) is 0. The summed E-state index contributed by atoms with van der Waals surface area (Å²) >= 11 is 1.88. The van der Waals surface area contributed by atoms with Gasteiger partial charge >= 0.3 is 0 Å². The summed E-state index contributed by atoms with van der Waals surface area (Å²) in [4.78, 5) is 2.71. The van der Waals surface area contributed by atoms with Crippen molar-refractivity contribution in [2.45, 2.75) is 42.4 Å². The van der Waals surface area contributed by atoms with Crippen molar-refractivity contribution in [2.24, 2.45) is 5.73 Å². The molecule has 1 aliphatic rings. The molecule has 0 saturated heterocycles. The molecule has 0 radical (unpaired) electrons. The summed E-state index contributed by atoms with van der Waals surface area (Å²) in [5.41, 5.74) is 11.4. The van der Waals surface area contributed by atoms with E-state index in [9.17, 15) is 0 Å². The molecule has 0 amide bonds. The largest absolute Gasteiger partial charge is 0.330 e. The van der Waals surface area contributed by atoms with Crippen molar-refractivity contribution >= 4 is 11.8 Å². The molecule has 1 nitrogen and oxygen atoms in total. The maximum absolute atomic E-state index is 5.62. The van der Waals surface area contributed by atoms with Crippen molar-refractivity contribution in [1.29, 1.82) is 0 Å². The third kappa shape index (κ3) is 2.92. The van der Waals surface area contributed by atoms with Crippen LogP contribution in [0.1, 0.15) is 28.7 Å². The molecule has 0 spiro atoms. The topological polar surface area (TPSA) is 26.0 Å². The Kier molecular flexibility index (Phi) is 4.13. The fourth-order valence-electron chi connectivity index (χ4n) is 2.89. The average Bonchev–Trinajstić information content (AvgIpc) is 2.90. The van der Waals surface area contributed by atoms with Crippen LogP contribution in [0.15, 0.2) is 46.2 Å². The lowest BCUT2D eigenvalue weighted by atomic mass is 10.1. The lowest BCUT2D eigenvalue weighted by Crippen LogP contribution is -2.02. The van der Waals surface area contributed by atoms with E-state index >= 15 is 0 Å². The molecule has 2 aromatic carbocycles. The zero-order valence-corrected chi connectivity index (χ0v) is 12.8. The minimum atomic E-state index is 0.719. The predicted octanol–water partition coefficient (Wildman–Crippen LogP) is 4.14. The van der Waals surface area contributed by atoms with Gasteiger partial charge < -0.3 is 5.73 Å². The van der Waals surface area contributed by atoms with Crippen molar-refractivity contribution in [3.05, 3.63) is 58.7 Å². The van der Waals surface area contributed by atoms with E-state index in [4.69, 9.17) is 5.73 Å². The number of aryl methyl sites for hydroxylation is 3. The number of hydrogen-bond donors (Lipinski definition) is 1. The molecule has 0 bridgehead atoms. The Labute approximate surface area is 125 Å². The van der Waals surface area contributed by atoms with Crippen molar-refractivity contribution in [1.82, 2.24) is 0 Å². The molecule has 0 aliphatic heterocycles. The number of nitrogens with two attached hydrogens (primary N) is 1. The summed E-state index contributed by atoms with van der Waals surface area (Å²) in [6.07, 6.45) is 4.78. The highest BCUT2D eigenvalue weighted by molar-refractivity contribution is 7.99. The van der Waals surface area contributed by atoms with Crippen LogP contribution >= 0.6 is 11.8 Å². The molecule has 104 valence electrons. The van der Waals surface area contributed by atoms with Gasteiger partial charge in [-0.3, -0.25) is 0 Å². The number of rotatable bonds is 4. The summed E-state index contributed by atoms with van der Waals surface area (Å²) in [6.45, 7) is 2.91.